The zero-order valence-electron chi connectivity index (χ0n) is 7.64. The molecule has 2 rings (SSSR count). The highest BCUT2D eigenvalue weighted by Gasteiger charge is 2.36. The lowest BCUT2D eigenvalue weighted by Crippen LogP contribution is -2.35. The number of aliphatic imine (C=N–C) groups is 1. The van der Waals surface area contributed by atoms with Crippen LogP contribution in [0.4, 0.5) is 0 Å². The molecule has 3 nitrogen and oxygen atoms in total. The first kappa shape index (κ1) is 7.90. The van der Waals surface area contributed by atoms with Crippen LogP contribution in [0.2, 0.25) is 0 Å². The van der Waals surface area contributed by atoms with Gasteiger partial charge in [-0.1, -0.05) is 13.3 Å². The lowest BCUT2D eigenvalue weighted by Gasteiger charge is -2.04. The first-order valence-corrected chi connectivity index (χ1v) is 4.95. The third kappa shape index (κ3) is 1.71. The Kier molecular flexibility index (Phi) is 2.19. The maximum Gasteiger partial charge on any atom is 0.191 e. The molecule has 0 aromatic carbocycles. The third-order valence-corrected chi connectivity index (χ3v) is 2.58. The molecule has 2 N–H and O–H groups in total. The van der Waals surface area contributed by atoms with Gasteiger partial charge < -0.3 is 10.6 Å². The number of guanidine groups is 1. The first-order valence-electron chi connectivity index (χ1n) is 4.95. The summed E-state index contributed by atoms with van der Waals surface area (Å²) in [6, 6.07) is 0.717. The summed E-state index contributed by atoms with van der Waals surface area (Å²) in [4.78, 5) is 4.30. The van der Waals surface area contributed by atoms with Crippen LogP contribution >= 0.6 is 0 Å². The Morgan fingerprint density at radius 3 is 3.25 bits per heavy atom. The van der Waals surface area contributed by atoms with Crippen LogP contribution in [0.3, 0.4) is 0 Å². The molecule has 12 heavy (non-hydrogen) atoms. The Balaban J connectivity index is 1.69. The Hall–Kier alpha value is -0.730. The fraction of sp³-hybridized carbons (Fsp3) is 0.889. The first-order chi connectivity index (χ1) is 5.90. The molecule has 0 spiro atoms. The maximum atomic E-state index is 4.30. The second kappa shape index (κ2) is 3.33. The minimum Gasteiger partial charge on any atom is -0.355 e. The zero-order valence-corrected chi connectivity index (χ0v) is 7.64. The topological polar surface area (TPSA) is 36.4 Å². The van der Waals surface area contributed by atoms with Crippen molar-refractivity contribution in [2.45, 2.75) is 32.2 Å². The van der Waals surface area contributed by atoms with Crippen molar-refractivity contribution in [1.82, 2.24) is 10.6 Å². The molecule has 1 aliphatic heterocycles. The molecule has 2 aliphatic rings. The van der Waals surface area contributed by atoms with E-state index in [1.807, 2.05) is 0 Å². The Morgan fingerprint density at radius 1 is 1.67 bits per heavy atom. The SMILES string of the molecule is CCCC1CC1NC1=NCCN1. The minimum absolute atomic E-state index is 0.717. The lowest BCUT2D eigenvalue weighted by molar-refractivity contribution is 0.659. The monoisotopic (exact) mass is 167 g/mol. The summed E-state index contributed by atoms with van der Waals surface area (Å²) in [7, 11) is 0. The Bertz CT molecular complexity index is 188. The van der Waals surface area contributed by atoms with Crippen molar-refractivity contribution < 1.29 is 0 Å². The second-order valence-corrected chi connectivity index (χ2v) is 3.69. The number of hydrogen-bond acceptors (Lipinski definition) is 3. The summed E-state index contributed by atoms with van der Waals surface area (Å²) in [6.07, 6.45) is 4.02. The van der Waals surface area contributed by atoms with Crippen LogP contribution in [0, 0.1) is 5.92 Å². The molecular weight excluding hydrogens is 150 g/mol. The number of nitrogens with zero attached hydrogens (tertiary/aromatic N) is 1. The van der Waals surface area contributed by atoms with Gasteiger partial charge in [-0.05, 0) is 18.8 Å². The molecule has 3 heteroatoms. The van der Waals surface area contributed by atoms with E-state index in [9.17, 15) is 0 Å². The molecule has 1 saturated carbocycles. The van der Waals surface area contributed by atoms with E-state index in [4.69, 9.17) is 0 Å². The standard InChI is InChI=1S/C9H17N3/c1-2-3-7-6-8(7)12-9-10-4-5-11-9/h7-8H,2-6H2,1H3,(H2,10,11,12). The molecule has 1 fully saturated rings. The summed E-state index contributed by atoms with van der Waals surface area (Å²) >= 11 is 0. The number of rotatable bonds is 3. The van der Waals surface area contributed by atoms with Gasteiger partial charge in [0.05, 0.1) is 6.54 Å². The van der Waals surface area contributed by atoms with Crippen molar-refractivity contribution in [2.24, 2.45) is 10.9 Å². The van der Waals surface area contributed by atoms with Gasteiger partial charge >= 0.3 is 0 Å². The smallest absolute Gasteiger partial charge is 0.191 e. The molecule has 2 unspecified atom stereocenters. The molecule has 0 radical (unpaired) electrons. The predicted molar refractivity (Wildman–Crippen MR) is 50.2 cm³/mol. The molecule has 0 aromatic heterocycles. The van der Waals surface area contributed by atoms with Crippen molar-refractivity contribution in [3.63, 3.8) is 0 Å². The van der Waals surface area contributed by atoms with Crippen LogP contribution in [0.15, 0.2) is 4.99 Å². The van der Waals surface area contributed by atoms with E-state index in [0.29, 0.717) is 6.04 Å². The van der Waals surface area contributed by atoms with Gasteiger partial charge in [0.25, 0.3) is 0 Å². The van der Waals surface area contributed by atoms with Crippen molar-refractivity contribution in [1.29, 1.82) is 0 Å². The van der Waals surface area contributed by atoms with Gasteiger partial charge in [-0.25, -0.2) is 0 Å². The molecule has 1 heterocycles. The van der Waals surface area contributed by atoms with Gasteiger partial charge in [-0.3, -0.25) is 4.99 Å². The van der Waals surface area contributed by atoms with Gasteiger partial charge in [-0.2, -0.15) is 0 Å². The van der Waals surface area contributed by atoms with Crippen molar-refractivity contribution in [3.8, 4) is 0 Å². The zero-order chi connectivity index (χ0) is 8.39. The van der Waals surface area contributed by atoms with Crippen molar-refractivity contribution in [3.05, 3.63) is 0 Å². The number of nitrogens with one attached hydrogen (secondary N) is 2. The quantitative estimate of drug-likeness (QED) is 0.650. The number of hydrogen-bond donors (Lipinski definition) is 2. The second-order valence-electron chi connectivity index (χ2n) is 3.69. The highest BCUT2D eigenvalue weighted by Crippen LogP contribution is 2.34. The van der Waals surface area contributed by atoms with Crippen LogP contribution in [-0.2, 0) is 0 Å². The van der Waals surface area contributed by atoms with E-state index in [0.717, 1.165) is 25.0 Å². The highest BCUT2D eigenvalue weighted by atomic mass is 15.2. The van der Waals surface area contributed by atoms with E-state index in [1.54, 1.807) is 0 Å². The van der Waals surface area contributed by atoms with Crippen LogP contribution in [-0.4, -0.2) is 25.1 Å². The molecule has 0 bridgehead atoms. The largest absolute Gasteiger partial charge is 0.355 e. The van der Waals surface area contributed by atoms with E-state index in [2.05, 4.69) is 22.5 Å². The van der Waals surface area contributed by atoms with E-state index in [-0.39, 0.29) is 0 Å². The summed E-state index contributed by atoms with van der Waals surface area (Å²) < 4.78 is 0. The van der Waals surface area contributed by atoms with Crippen molar-refractivity contribution in [2.75, 3.05) is 13.1 Å². The van der Waals surface area contributed by atoms with E-state index < -0.39 is 0 Å². The predicted octanol–water partition coefficient (Wildman–Crippen LogP) is 0.724. The fourth-order valence-corrected chi connectivity index (χ4v) is 1.78. The van der Waals surface area contributed by atoms with Gasteiger partial charge in [-0.15, -0.1) is 0 Å². The molecule has 1 aliphatic carbocycles. The molecule has 68 valence electrons. The van der Waals surface area contributed by atoms with Crippen molar-refractivity contribution >= 4 is 5.96 Å². The van der Waals surface area contributed by atoms with Gasteiger partial charge in [0.1, 0.15) is 0 Å². The van der Waals surface area contributed by atoms with Crippen LogP contribution in [0.5, 0.6) is 0 Å². The fourth-order valence-electron chi connectivity index (χ4n) is 1.78. The third-order valence-electron chi connectivity index (χ3n) is 2.58. The van der Waals surface area contributed by atoms with Crippen LogP contribution in [0.25, 0.3) is 0 Å². The molecule has 0 saturated heterocycles. The van der Waals surface area contributed by atoms with Crippen LogP contribution < -0.4 is 10.6 Å². The van der Waals surface area contributed by atoms with Gasteiger partial charge in [0, 0.05) is 12.6 Å². The maximum absolute atomic E-state index is 4.30. The molecule has 0 aromatic rings. The van der Waals surface area contributed by atoms with Gasteiger partial charge in [0.2, 0.25) is 0 Å². The lowest BCUT2D eigenvalue weighted by atomic mass is 10.2. The normalized spacial score (nSPS) is 32.6. The minimum atomic E-state index is 0.717. The Labute approximate surface area is 73.6 Å². The Morgan fingerprint density at radius 2 is 2.58 bits per heavy atom. The van der Waals surface area contributed by atoms with Crippen LogP contribution in [0.1, 0.15) is 26.2 Å². The summed E-state index contributed by atoms with van der Waals surface area (Å²) in [5.74, 6) is 1.94. The molecule has 0 amide bonds. The molecule has 2 atom stereocenters. The van der Waals surface area contributed by atoms with E-state index >= 15 is 0 Å². The average molecular weight is 167 g/mol. The molecular formula is C9H17N3. The summed E-state index contributed by atoms with van der Waals surface area (Å²) in [5.41, 5.74) is 0. The summed E-state index contributed by atoms with van der Waals surface area (Å²) in [6.45, 7) is 4.20. The highest BCUT2D eigenvalue weighted by molar-refractivity contribution is 5.81. The van der Waals surface area contributed by atoms with E-state index in [1.165, 1.54) is 19.3 Å². The average Bonchev–Trinajstić information content (AvgIpc) is 2.62. The summed E-state index contributed by atoms with van der Waals surface area (Å²) in [5, 5.41) is 6.66. The van der Waals surface area contributed by atoms with Gasteiger partial charge in [0.15, 0.2) is 5.96 Å².